The molecule has 0 aliphatic heterocycles. The number of esters is 1. The Morgan fingerprint density at radius 3 is 2.46 bits per heavy atom. The lowest BCUT2D eigenvalue weighted by Gasteiger charge is -2.21. The third-order valence-electron chi connectivity index (χ3n) is 4.12. The Bertz CT molecular complexity index is 825. The number of nitrogen functional groups attached to an aromatic ring is 1. The summed E-state index contributed by atoms with van der Waals surface area (Å²) >= 11 is 5.97. The van der Waals surface area contributed by atoms with Crippen LogP contribution in [0.15, 0.2) is 42.5 Å². The van der Waals surface area contributed by atoms with E-state index < -0.39 is 12.6 Å². The fraction of sp³-hybridized carbons (Fsp3) is 0.333. The molecule has 0 fully saturated rings. The molecule has 6 nitrogen and oxygen atoms in total. The van der Waals surface area contributed by atoms with Crippen molar-refractivity contribution in [1.29, 1.82) is 0 Å². The van der Waals surface area contributed by atoms with E-state index >= 15 is 0 Å². The first-order valence-electron chi connectivity index (χ1n) is 8.96. The van der Waals surface area contributed by atoms with Crippen LogP contribution in [0.2, 0.25) is 5.02 Å². The molecule has 0 heterocycles. The molecule has 0 aliphatic carbocycles. The number of ether oxygens (including phenoxy) is 2. The van der Waals surface area contributed by atoms with Gasteiger partial charge in [-0.15, -0.1) is 0 Å². The lowest BCUT2D eigenvalue weighted by molar-refractivity contribution is -0.125. The van der Waals surface area contributed by atoms with Crippen molar-refractivity contribution in [3.8, 4) is 5.75 Å². The predicted molar refractivity (Wildman–Crippen MR) is 109 cm³/mol. The Labute approximate surface area is 170 Å². The highest BCUT2D eigenvalue weighted by atomic mass is 35.5. The van der Waals surface area contributed by atoms with Crippen molar-refractivity contribution < 1.29 is 19.1 Å². The number of carbonyl (C=O) groups is 2. The van der Waals surface area contributed by atoms with Crippen molar-refractivity contribution in [1.82, 2.24) is 5.32 Å². The van der Waals surface area contributed by atoms with E-state index in [1.165, 1.54) is 19.2 Å². The predicted octanol–water partition coefficient (Wildman–Crippen LogP) is 3.99. The SMILES string of the molecule is COc1cc(N)c(Cl)cc1C(=O)OCC(=O)N[C@H](CC(C)C)c1ccccc1. The summed E-state index contributed by atoms with van der Waals surface area (Å²) in [6.45, 7) is 3.75. The third-order valence-corrected chi connectivity index (χ3v) is 4.44. The van der Waals surface area contributed by atoms with Crippen LogP contribution in [-0.4, -0.2) is 25.6 Å². The zero-order valence-electron chi connectivity index (χ0n) is 16.2. The van der Waals surface area contributed by atoms with Gasteiger partial charge in [0, 0.05) is 6.07 Å². The smallest absolute Gasteiger partial charge is 0.342 e. The van der Waals surface area contributed by atoms with Gasteiger partial charge in [0.05, 0.1) is 23.9 Å². The minimum Gasteiger partial charge on any atom is -0.496 e. The molecule has 0 radical (unpaired) electrons. The Balaban J connectivity index is 2.02. The molecule has 0 saturated heterocycles. The monoisotopic (exact) mass is 404 g/mol. The summed E-state index contributed by atoms with van der Waals surface area (Å²) in [5, 5.41) is 3.13. The van der Waals surface area contributed by atoms with Crippen molar-refractivity contribution in [2.24, 2.45) is 5.92 Å². The molecular formula is C21H25ClN2O4. The van der Waals surface area contributed by atoms with E-state index in [0.29, 0.717) is 5.92 Å². The van der Waals surface area contributed by atoms with Crippen molar-refractivity contribution >= 4 is 29.2 Å². The number of nitrogens with one attached hydrogen (secondary N) is 1. The molecule has 2 aromatic carbocycles. The molecule has 150 valence electrons. The molecule has 7 heteroatoms. The average molecular weight is 405 g/mol. The van der Waals surface area contributed by atoms with Crippen molar-refractivity contribution in [3.63, 3.8) is 0 Å². The molecule has 1 amide bonds. The first-order valence-corrected chi connectivity index (χ1v) is 9.34. The topological polar surface area (TPSA) is 90.7 Å². The molecule has 3 N–H and O–H groups in total. The van der Waals surface area contributed by atoms with E-state index in [9.17, 15) is 9.59 Å². The summed E-state index contributed by atoms with van der Waals surface area (Å²) in [5.74, 6) is -0.485. The van der Waals surface area contributed by atoms with E-state index in [0.717, 1.165) is 12.0 Å². The Hall–Kier alpha value is -2.73. The normalized spacial score (nSPS) is 11.8. The maximum Gasteiger partial charge on any atom is 0.342 e. The molecule has 2 aromatic rings. The molecule has 0 saturated carbocycles. The fourth-order valence-corrected chi connectivity index (χ4v) is 2.94. The van der Waals surface area contributed by atoms with E-state index in [1.807, 2.05) is 30.3 Å². The minimum atomic E-state index is -0.714. The number of benzene rings is 2. The van der Waals surface area contributed by atoms with Gasteiger partial charge in [0.15, 0.2) is 6.61 Å². The number of halogens is 1. The molecule has 28 heavy (non-hydrogen) atoms. The molecule has 2 rings (SSSR count). The minimum absolute atomic E-state index is 0.108. The summed E-state index contributed by atoms with van der Waals surface area (Å²) in [6, 6.07) is 12.3. The van der Waals surface area contributed by atoms with Crippen LogP contribution in [0, 0.1) is 5.92 Å². The van der Waals surface area contributed by atoms with Crippen LogP contribution in [0.5, 0.6) is 5.75 Å². The van der Waals surface area contributed by atoms with Crippen LogP contribution < -0.4 is 15.8 Å². The van der Waals surface area contributed by atoms with Gasteiger partial charge in [0.1, 0.15) is 11.3 Å². The molecule has 0 bridgehead atoms. The quantitative estimate of drug-likeness (QED) is 0.512. The summed E-state index contributed by atoms with van der Waals surface area (Å²) in [6.07, 6.45) is 0.769. The van der Waals surface area contributed by atoms with Crippen LogP contribution >= 0.6 is 11.6 Å². The van der Waals surface area contributed by atoms with Crippen molar-refractivity contribution in [2.75, 3.05) is 19.5 Å². The van der Waals surface area contributed by atoms with E-state index in [4.69, 9.17) is 26.8 Å². The number of hydrogen-bond acceptors (Lipinski definition) is 5. The summed E-state index contributed by atoms with van der Waals surface area (Å²) in [7, 11) is 1.41. The summed E-state index contributed by atoms with van der Waals surface area (Å²) in [5.41, 5.74) is 7.10. The number of methoxy groups -OCH3 is 1. The summed E-state index contributed by atoms with van der Waals surface area (Å²) < 4.78 is 10.3. The van der Waals surface area contributed by atoms with Gasteiger partial charge in [-0.05, 0) is 24.0 Å². The lowest BCUT2D eigenvalue weighted by atomic mass is 9.97. The number of hydrogen-bond donors (Lipinski definition) is 2. The van der Waals surface area contributed by atoms with Gasteiger partial charge < -0.3 is 20.5 Å². The Morgan fingerprint density at radius 1 is 1.18 bits per heavy atom. The maximum absolute atomic E-state index is 12.4. The van der Waals surface area contributed by atoms with E-state index in [-0.39, 0.29) is 34.0 Å². The zero-order chi connectivity index (χ0) is 20.7. The second-order valence-corrected chi connectivity index (χ2v) is 7.22. The Morgan fingerprint density at radius 2 is 1.86 bits per heavy atom. The van der Waals surface area contributed by atoms with Crippen molar-refractivity contribution in [3.05, 3.63) is 58.6 Å². The molecule has 0 aliphatic rings. The lowest BCUT2D eigenvalue weighted by Crippen LogP contribution is -2.33. The summed E-state index contributed by atoms with van der Waals surface area (Å²) in [4.78, 5) is 24.7. The van der Waals surface area contributed by atoms with Gasteiger partial charge in [0.25, 0.3) is 5.91 Å². The third kappa shape index (κ3) is 5.89. The van der Waals surface area contributed by atoms with Gasteiger partial charge in [-0.2, -0.15) is 0 Å². The molecule has 0 unspecified atom stereocenters. The van der Waals surface area contributed by atoms with Gasteiger partial charge in [-0.3, -0.25) is 4.79 Å². The zero-order valence-corrected chi connectivity index (χ0v) is 17.0. The van der Waals surface area contributed by atoms with E-state index in [2.05, 4.69) is 19.2 Å². The van der Waals surface area contributed by atoms with Gasteiger partial charge in [0.2, 0.25) is 0 Å². The second-order valence-electron chi connectivity index (χ2n) is 6.81. The van der Waals surface area contributed by atoms with Crippen LogP contribution in [0.4, 0.5) is 5.69 Å². The van der Waals surface area contributed by atoms with Gasteiger partial charge in [-0.25, -0.2) is 4.79 Å². The number of anilines is 1. The van der Waals surface area contributed by atoms with Crippen LogP contribution in [0.1, 0.15) is 42.2 Å². The average Bonchev–Trinajstić information content (AvgIpc) is 2.67. The number of amides is 1. The molecule has 1 atom stereocenters. The highest BCUT2D eigenvalue weighted by Gasteiger charge is 2.20. The van der Waals surface area contributed by atoms with Crippen LogP contribution in [0.25, 0.3) is 0 Å². The Kier molecular flexibility index (Phi) is 7.70. The highest BCUT2D eigenvalue weighted by molar-refractivity contribution is 6.33. The number of carbonyl (C=O) groups excluding carboxylic acids is 2. The fourth-order valence-electron chi connectivity index (χ4n) is 2.78. The van der Waals surface area contributed by atoms with Gasteiger partial charge in [-0.1, -0.05) is 55.8 Å². The van der Waals surface area contributed by atoms with Crippen LogP contribution in [0.3, 0.4) is 0 Å². The highest BCUT2D eigenvalue weighted by Crippen LogP contribution is 2.29. The van der Waals surface area contributed by atoms with Crippen molar-refractivity contribution in [2.45, 2.75) is 26.3 Å². The molecule has 0 aromatic heterocycles. The first-order chi connectivity index (χ1) is 13.3. The molecule has 0 spiro atoms. The first kappa shape index (κ1) is 21.6. The number of nitrogens with two attached hydrogens (primary N) is 1. The second kappa shape index (κ2) is 9.99. The molecular weight excluding hydrogens is 380 g/mol. The largest absolute Gasteiger partial charge is 0.496 e. The maximum atomic E-state index is 12.4. The number of rotatable bonds is 8. The standard InChI is InChI=1S/C21H25ClN2O4/c1-13(2)9-18(14-7-5-4-6-8-14)24-20(25)12-28-21(26)15-10-16(22)17(23)11-19(15)27-3/h4-8,10-11,13,18H,9,12,23H2,1-3H3,(H,24,25)/t18-/m1/s1. The van der Waals surface area contributed by atoms with Gasteiger partial charge >= 0.3 is 5.97 Å². The van der Waals surface area contributed by atoms with E-state index in [1.54, 1.807) is 0 Å². The van der Waals surface area contributed by atoms with Crippen LogP contribution in [-0.2, 0) is 9.53 Å².